The summed E-state index contributed by atoms with van der Waals surface area (Å²) in [6.07, 6.45) is 4.87. The van der Waals surface area contributed by atoms with Gasteiger partial charge < -0.3 is 0 Å². The molecule has 0 bridgehead atoms. The number of rotatable bonds is 2. The summed E-state index contributed by atoms with van der Waals surface area (Å²) in [6.45, 7) is 0. The summed E-state index contributed by atoms with van der Waals surface area (Å²) in [7, 11) is 0. The van der Waals surface area contributed by atoms with Gasteiger partial charge in [-0.05, 0) is 30.4 Å². The first-order valence-corrected chi connectivity index (χ1v) is 7.62. The number of halogens is 1. The number of nitrogens with one attached hydrogen (secondary N) is 1. The van der Waals surface area contributed by atoms with Gasteiger partial charge in [-0.1, -0.05) is 42.6 Å². The fourth-order valence-electron chi connectivity index (χ4n) is 3.72. The van der Waals surface area contributed by atoms with E-state index in [4.69, 9.17) is 11.6 Å². The third kappa shape index (κ3) is 2.47. The lowest BCUT2D eigenvalue weighted by Crippen LogP contribution is -2.47. The van der Waals surface area contributed by atoms with Gasteiger partial charge in [0.05, 0.1) is 0 Å². The van der Waals surface area contributed by atoms with Crippen molar-refractivity contribution >= 4 is 23.4 Å². The molecule has 0 aromatic heterocycles. The molecule has 2 unspecified atom stereocenters. The maximum Gasteiger partial charge on any atom is 0.230 e. The zero-order valence-electron chi connectivity index (χ0n) is 11.3. The minimum Gasteiger partial charge on any atom is -0.296 e. The third-order valence-electron chi connectivity index (χ3n) is 4.62. The minimum atomic E-state index is -0.186. The minimum absolute atomic E-state index is 0.0759. The highest BCUT2D eigenvalue weighted by atomic mass is 35.5. The molecule has 3 rings (SSSR count). The van der Waals surface area contributed by atoms with E-state index in [0.29, 0.717) is 17.4 Å². The molecular formula is C16H18ClNO2. The Morgan fingerprint density at radius 3 is 2.50 bits per heavy atom. The predicted octanol–water partition coefficient (Wildman–Crippen LogP) is 3.28. The predicted molar refractivity (Wildman–Crippen MR) is 77.4 cm³/mol. The van der Waals surface area contributed by atoms with Gasteiger partial charge in [-0.3, -0.25) is 14.9 Å². The fourth-order valence-corrected chi connectivity index (χ4v) is 4.00. The second-order valence-electron chi connectivity index (χ2n) is 5.81. The van der Waals surface area contributed by atoms with E-state index in [1.165, 1.54) is 12.8 Å². The molecule has 1 aliphatic heterocycles. The summed E-state index contributed by atoms with van der Waals surface area (Å²) in [4.78, 5) is 24.1. The lowest BCUT2D eigenvalue weighted by molar-refractivity contribution is -0.138. The Morgan fingerprint density at radius 1 is 1.10 bits per heavy atom. The van der Waals surface area contributed by atoms with Crippen LogP contribution in [0.1, 0.15) is 43.6 Å². The average molecular weight is 292 g/mol. The van der Waals surface area contributed by atoms with Crippen LogP contribution in [0, 0.1) is 11.8 Å². The molecule has 0 radical (unpaired) electrons. The lowest BCUT2D eigenvalue weighted by Gasteiger charge is -2.34. The number of piperidine rings is 1. The summed E-state index contributed by atoms with van der Waals surface area (Å²) < 4.78 is 0. The molecule has 106 valence electrons. The van der Waals surface area contributed by atoms with Crippen LogP contribution in [-0.2, 0) is 9.59 Å². The largest absolute Gasteiger partial charge is 0.296 e. The molecule has 1 saturated carbocycles. The van der Waals surface area contributed by atoms with Gasteiger partial charge in [-0.2, -0.15) is 0 Å². The van der Waals surface area contributed by atoms with Crippen LogP contribution in [0.3, 0.4) is 0 Å². The molecule has 20 heavy (non-hydrogen) atoms. The van der Waals surface area contributed by atoms with E-state index in [1.54, 1.807) is 0 Å². The van der Waals surface area contributed by atoms with Gasteiger partial charge in [0.25, 0.3) is 0 Å². The zero-order valence-corrected chi connectivity index (χ0v) is 12.0. The summed E-state index contributed by atoms with van der Waals surface area (Å²) in [5.41, 5.74) is 0.939. The van der Waals surface area contributed by atoms with Crippen molar-refractivity contribution in [3.05, 3.63) is 34.9 Å². The van der Waals surface area contributed by atoms with E-state index in [9.17, 15) is 9.59 Å². The molecule has 2 fully saturated rings. The van der Waals surface area contributed by atoms with Crippen LogP contribution < -0.4 is 5.32 Å². The Bertz CT molecular complexity index is 537. The second kappa shape index (κ2) is 5.57. The van der Waals surface area contributed by atoms with E-state index in [2.05, 4.69) is 5.32 Å². The molecule has 2 aliphatic rings. The number of hydrogen-bond donors (Lipinski definition) is 1. The molecule has 2 amide bonds. The van der Waals surface area contributed by atoms with Gasteiger partial charge in [-0.25, -0.2) is 0 Å². The number of carbonyl (C=O) groups is 2. The van der Waals surface area contributed by atoms with Crippen molar-refractivity contribution in [1.29, 1.82) is 0 Å². The Hall–Kier alpha value is -1.35. The molecule has 0 spiro atoms. The lowest BCUT2D eigenvalue weighted by atomic mass is 9.73. The van der Waals surface area contributed by atoms with Crippen LogP contribution in [0.15, 0.2) is 24.3 Å². The van der Waals surface area contributed by atoms with Gasteiger partial charge in [0.15, 0.2) is 0 Å². The van der Waals surface area contributed by atoms with E-state index in [0.717, 1.165) is 18.4 Å². The first kappa shape index (κ1) is 13.6. The third-order valence-corrected chi connectivity index (χ3v) is 4.96. The van der Waals surface area contributed by atoms with Crippen molar-refractivity contribution in [1.82, 2.24) is 5.32 Å². The van der Waals surface area contributed by atoms with Crippen LogP contribution in [0.5, 0.6) is 0 Å². The van der Waals surface area contributed by atoms with Crippen molar-refractivity contribution < 1.29 is 9.59 Å². The molecule has 1 N–H and O–H groups in total. The van der Waals surface area contributed by atoms with Crippen molar-refractivity contribution in [3.8, 4) is 0 Å². The van der Waals surface area contributed by atoms with Crippen molar-refractivity contribution in [3.63, 3.8) is 0 Å². The zero-order chi connectivity index (χ0) is 14.1. The molecule has 1 aliphatic carbocycles. The molecule has 1 aromatic carbocycles. The average Bonchev–Trinajstić information content (AvgIpc) is 2.92. The molecular weight excluding hydrogens is 274 g/mol. The smallest absolute Gasteiger partial charge is 0.230 e. The fraction of sp³-hybridized carbons (Fsp3) is 0.500. The van der Waals surface area contributed by atoms with Crippen molar-refractivity contribution in [2.24, 2.45) is 11.8 Å². The second-order valence-corrected chi connectivity index (χ2v) is 6.22. The number of amides is 2. The van der Waals surface area contributed by atoms with Gasteiger partial charge in [0.1, 0.15) is 0 Å². The Labute approximate surface area is 123 Å². The summed E-state index contributed by atoms with van der Waals surface area (Å²) >= 11 is 6.28. The van der Waals surface area contributed by atoms with E-state index >= 15 is 0 Å². The molecule has 1 aromatic rings. The summed E-state index contributed by atoms with van der Waals surface area (Å²) in [5, 5.41) is 3.16. The van der Waals surface area contributed by atoms with Gasteiger partial charge in [0, 0.05) is 23.3 Å². The monoisotopic (exact) mass is 291 g/mol. The Kier molecular flexibility index (Phi) is 3.79. The quantitative estimate of drug-likeness (QED) is 0.850. The maximum absolute atomic E-state index is 12.3. The number of hydrogen-bond acceptors (Lipinski definition) is 2. The van der Waals surface area contributed by atoms with Crippen LogP contribution in [0.4, 0.5) is 0 Å². The van der Waals surface area contributed by atoms with Crippen molar-refractivity contribution in [2.75, 3.05) is 0 Å². The number of imide groups is 1. The normalized spacial score (nSPS) is 27.6. The topological polar surface area (TPSA) is 46.2 Å². The highest BCUT2D eigenvalue weighted by Crippen LogP contribution is 2.44. The summed E-state index contributed by atoms with van der Waals surface area (Å²) in [6, 6.07) is 7.57. The number of carbonyl (C=O) groups excluding carboxylic acids is 2. The molecule has 1 heterocycles. The van der Waals surface area contributed by atoms with Crippen molar-refractivity contribution in [2.45, 2.75) is 38.0 Å². The molecule has 3 nitrogen and oxygen atoms in total. The Morgan fingerprint density at radius 2 is 1.80 bits per heavy atom. The van der Waals surface area contributed by atoms with Gasteiger partial charge in [0.2, 0.25) is 11.8 Å². The van der Waals surface area contributed by atoms with Crippen LogP contribution in [0.2, 0.25) is 5.02 Å². The SMILES string of the molecule is O=C1CC(c2ccccc2Cl)C(C2CCCC2)C(=O)N1. The first-order chi connectivity index (χ1) is 9.66. The van der Waals surface area contributed by atoms with E-state index < -0.39 is 0 Å². The van der Waals surface area contributed by atoms with Gasteiger partial charge >= 0.3 is 0 Å². The van der Waals surface area contributed by atoms with Gasteiger partial charge in [-0.15, -0.1) is 0 Å². The summed E-state index contributed by atoms with van der Waals surface area (Å²) in [5.74, 6) is -0.111. The Balaban J connectivity index is 1.97. The molecule has 1 saturated heterocycles. The van der Waals surface area contributed by atoms with Crippen LogP contribution in [-0.4, -0.2) is 11.8 Å². The van der Waals surface area contributed by atoms with Crippen LogP contribution in [0.25, 0.3) is 0 Å². The molecule has 2 atom stereocenters. The highest BCUT2D eigenvalue weighted by Gasteiger charge is 2.42. The van der Waals surface area contributed by atoms with E-state index in [1.807, 2.05) is 24.3 Å². The molecule has 4 heteroatoms. The maximum atomic E-state index is 12.3. The standard InChI is InChI=1S/C16H18ClNO2/c17-13-8-4-3-7-11(13)12-9-14(19)18-16(20)15(12)10-5-1-2-6-10/h3-4,7-8,10,12,15H,1-2,5-6,9H2,(H,18,19,20). The van der Waals surface area contributed by atoms with Crippen LogP contribution >= 0.6 is 11.6 Å². The number of benzene rings is 1. The van der Waals surface area contributed by atoms with E-state index in [-0.39, 0.29) is 23.7 Å². The first-order valence-electron chi connectivity index (χ1n) is 7.25. The highest BCUT2D eigenvalue weighted by molar-refractivity contribution is 6.31.